The minimum Gasteiger partial charge on any atom is -0.395 e. The second-order valence-electron chi connectivity index (χ2n) is 2.99. The highest BCUT2D eigenvalue weighted by molar-refractivity contribution is 4.63. The van der Waals surface area contributed by atoms with Crippen molar-refractivity contribution in [3.63, 3.8) is 0 Å². The molecule has 0 aliphatic carbocycles. The first-order chi connectivity index (χ1) is 5.74. The third-order valence-electron chi connectivity index (χ3n) is 1.87. The van der Waals surface area contributed by atoms with Crippen molar-refractivity contribution in [2.45, 2.75) is 39.3 Å². The Kier molecular flexibility index (Phi) is 7.45. The molecule has 0 aromatic rings. The lowest BCUT2D eigenvalue weighted by Crippen LogP contribution is -2.37. The molecular weight excluding hydrogens is 154 g/mol. The van der Waals surface area contributed by atoms with Gasteiger partial charge in [-0.25, -0.2) is 0 Å². The summed E-state index contributed by atoms with van der Waals surface area (Å²) in [7, 11) is 0. The van der Waals surface area contributed by atoms with Gasteiger partial charge >= 0.3 is 0 Å². The number of hydrogen-bond donors (Lipinski definition) is 2. The summed E-state index contributed by atoms with van der Waals surface area (Å²) in [6.45, 7) is 7.76. The van der Waals surface area contributed by atoms with Crippen molar-refractivity contribution in [1.29, 1.82) is 0 Å². The van der Waals surface area contributed by atoms with Gasteiger partial charge in [-0.15, -0.1) is 0 Å². The molecule has 0 saturated heterocycles. The van der Waals surface area contributed by atoms with Crippen molar-refractivity contribution in [3.05, 3.63) is 0 Å². The van der Waals surface area contributed by atoms with Gasteiger partial charge in [-0.05, 0) is 19.9 Å². The SMILES string of the molecule is CCNC(CO)COC(C)CC. The van der Waals surface area contributed by atoms with Gasteiger partial charge < -0.3 is 15.2 Å². The summed E-state index contributed by atoms with van der Waals surface area (Å²) < 4.78 is 5.47. The van der Waals surface area contributed by atoms with Gasteiger partial charge in [-0.3, -0.25) is 0 Å². The van der Waals surface area contributed by atoms with Gasteiger partial charge in [-0.2, -0.15) is 0 Å². The summed E-state index contributed by atoms with van der Waals surface area (Å²) in [5, 5.41) is 12.0. The number of rotatable bonds is 7. The van der Waals surface area contributed by atoms with Crippen LogP contribution in [0.2, 0.25) is 0 Å². The Morgan fingerprint density at radius 1 is 1.42 bits per heavy atom. The molecule has 0 aromatic carbocycles. The van der Waals surface area contributed by atoms with Crippen LogP contribution in [0.25, 0.3) is 0 Å². The number of ether oxygens (including phenoxy) is 1. The fourth-order valence-electron chi connectivity index (χ4n) is 0.863. The predicted molar refractivity (Wildman–Crippen MR) is 50.3 cm³/mol. The quantitative estimate of drug-likeness (QED) is 0.600. The van der Waals surface area contributed by atoms with Crippen LogP contribution in [-0.2, 0) is 4.74 Å². The minimum atomic E-state index is 0.0870. The van der Waals surface area contributed by atoms with E-state index in [1.54, 1.807) is 0 Å². The number of hydrogen-bond acceptors (Lipinski definition) is 3. The summed E-state index contributed by atoms with van der Waals surface area (Å²) in [6, 6.07) is 0.0870. The zero-order chi connectivity index (χ0) is 9.40. The van der Waals surface area contributed by atoms with E-state index >= 15 is 0 Å². The summed E-state index contributed by atoms with van der Waals surface area (Å²) in [4.78, 5) is 0. The monoisotopic (exact) mass is 175 g/mol. The molecule has 0 saturated carbocycles. The first kappa shape index (κ1) is 11.9. The lowest BCUT2D eigenvalue weighted by Gasteiger charge is -2.17. The molecule has 0 bridgehead atoms. The molecule has 0 amide bonds. The second kappa shape index (κ2) is 7.53. The van der Waals surface area contributed by atoms with Crippen molar-refractivity contribution < 1.29 is 9.84 Å². The number of aliphatic hydroxyl groups is 1. The van der Waals surface area contributed by atoms with Gasteiger partial charge in [0.2, 0.25) is 0 Å². The van der Waals surface area contributed by atoms with Crippen LogP contribution >= 0.6 is 0 Å². The zero-order valence-corrected chi connectivity index (χ0v) is 8.34. The molecule has 0 aromatic heterocycles. The minimum absolute atomic E-state index is 0.0870. The van der Waals surface area contributed by atoms with E-state index in [1.807, 2.05) is 13.8 Å². The van der Waals surface area contributed by atoms with Crippen LogP contribution in [0, 0.1) is 0 Å². The molecule has 2 N–H and O–H groups in total. The highest BCUT2D eigenvalue weighted by Crippen LogP contribution is 1.96. The van der Waals surface area contributed by atoms with Crippen molar-refractivity contribution in [2.24, 2.45) is 0 Å². The van der Waals surface area contributed by atoms with Crippen molar-refractivity contribution in [1.82, 2.24) is 5.32 Å². The Balaban J connectivity index is 3.43. The van der Waals surface area contributed by atoms with Gasteiger partial charge in [0.25, 0.3) is 0 Å². The van der Waals surface area contributed by atoms with Gasteiger partial charge in [0.1, 0.15) is 0 Å². The number of likely N-dealkylation sites (N-methyl/N-ethyl adjacent to an activating group) is 1. The first-order valence-electron chi connectivity index (χ1n) is 4.70. The number of nitrogens with one attached hydrogen (secondary N) is 1. The molecule has 0 rings (SSSR count). The Bertz CT molecular complexity index is 98.5. The van der Waals surface area contributed by atoms with E-state index in [1.165, 1.54) is 0 Å². The van der Waals surface area contributed by atoms with Crippen LogP contribution in [0.15, 0.2) is 0 Å². The molecule has 0 aliphatic rings. The molecule has 2 unspecified atom stereocenters. The molecule has 0 radical (unpaired) electrons. The lowest BCUT2D eigenvalue weighted by molar-refractivity contribution is 0.0358. The lowest BCUT2D eigenvalue weighted by atomic mass is 10.3. The highest BCUT2D eigenvalue weighted by Gasteiger charge is 2.07. The molecule has 0 heterocycles. The molecule has 0 spiro atoms. The third kappa shape index (κ3) is 5.52. The van der Waals surface area contributed by atoms with E-state index in [0.29, 0.717) is 6.61 Å². The fraction of sp³-hybridized carbons (Fsp3) is 1.00. The smallest absolute Gasteiger partial charge is 0.0645 e. The van der Waals surface area contributed by atoms with Crippen LogP contribution in [0.4, 0.5) is 0 Å². The molecule has 12 heavy (non-hydrogen) atoms. The maximum absolute atomic E-state index is 8.90. The summed E-state index contributed by atoms with van der Waals surface area (Å²) in [5.41, 5.74) is 0. The molecule has 2 atom stereocenters. The average Bonchev–Trinajstić information content (AvgIpc) is 2.11. The molecule has 74 valence electrons. The first-order valence-corrected chi connectivity index (χ1v) is 4.70. The predicted octanol–water partition coefficient (Wildman–Crippen LogP) is 0.772. The fourth-order valence-corrected chi connectivity index (χ4v) is 0.863. The van der Waals surface area contributed by atoms with Crippen molar-refractivity contribution in [2.75, 3.05) is 19.8 Å². The molecule has 3 nitrogen and oxygen atoms in total. The van der Waals surface area contributed by atoms with Gasteiger partial charge in [0, 0.05) is 0 Å². The van der Waals surface area contributed by atoms with E-state index in [4.69, 9.17) is 9.84 Å². The van der Waals surface area contributed by atoms with E-state index in [2.05, 4.69) is 12.2 Å². The highest BCUT2D eigenvalue weighted by atomic mass is 16.5. The summed E-state index contributed by atoms with van der Waals surface area (Å²) >= 11 is 0. The Hall–Kier alpha value is -0.120. The van der Waals surface area contributed by atoms with E-state index in [9.17, 15) is 0 Å². The van der Waals surface area contributed by atoms with Gasteiger partial charge in [-0.1, -0.05) is 13.8 Å². The molecule has 0 fully saturated rings. The van der Waals surface area contributed by atoms with Crippen LogP contribution in [0.1, 0.15) is 27.2 Å². The Morgan fingerprint density at radius 2 is 2.08 bits per heavy atom. The van der Waals surface area contributed by atoms with E-state index in [-0.39, 0.29) is 18.8 Å². The summed E-state index contributed by atoms with van der Waals surface area (Å²) in [5.74, 6) is 0. The van der Waals surface area contributed by atoms with Gasteiger partial charge in [0.15, 0.2) is 0 Å². The van der Waals surface area contributed by atoms with E-state index < -0.39 is 0 Å². The summed E-state index contributed by atoms with van der Waals surface area (Å²) in [6.07, 6.45) is 1.31. The van der Waals surface area contributed by atoms with Crippen LogP contribution in [-0.4, -0.2) is 37.0 Å². The maximum atomic E-state index is 8.90. The van der Waals surface area contributed by atoms with Crippen LogP contribution in [0.5, 0.6) is 0 Å². The van der Waals surface area contributed by atoms with Gasteiger partial charge in [0.05, 0.1) is 25.4 Å². The molecule has 3 heteroatoms. The Labute approximate surface area is 75.1 Å². The molecule has 0 aliphatic heterocycles. The second-order valence-corrected chi connectivity index (χ2v) is 2.99. The molecular formula is C9H21NO2. The van der Waals surface area contributed by atoms with Crippen molar-refractivity contribution in [3.8, 4) is 0 Å². The largest absolute Gasteiger partial charge is 0.395 e. The van der Waals surface area contributed by atoms with Crippen molar-refractivity contribution >= 4 is 0 Å². The van der Waals surface area contributed by atoms with Crippen LogP contribution < -0.4 is 5.32 Å². The maximum Gasteiger partial charge on any atom is 0.0645 e. The van der Waals surface area contributed by atoms with Crippen LogP contribution in [0.3, 0.4) is 0 Å². The standard InChI is InChI=1S/C9H21NO2/c1-4-8(3)12-7-9(6-11)10-5-2/h8-11H,4-7H2,1-3H3. The Morgan fingerprint density at radius 3 is 2.50 bits per heavy atom. The zero-order valence-electron chi connectivity index (χ0n) is 8.34. The third-order valence-corrected chi connectivity index (χ3v) is 1.87. The normalized spacial score (nSPS) is 16.0. The number of aliphatic hydroxyl groups excluding tert-OH is 1. The topological polar surface area (TPSA) is 41.5 Å². The average molecular weight is 175 g/mol. The van der Waals surface area contributed by atoms with E-state index in [0.717, 1.165) is 13.0 Å².